The van der Waals surface area contributed by atoms with Crippen molar-refractivity contribution in [2.45, 2.75) is 0 Å². The van der Waals surface area contributed by atoms with Crippen LogP contribution in [0.25, 0.3) is 0 Å². The Balaban J connectivity index is 2.05. The second-order valence-electron chi connectivity index (χ2n) is 6.28. The molecule has 3 rings (SSSR count). The fourth-order valence-electron chi connectivity index (χ4n) is 2.85. The SMILES string of the molecule is COc1cc(/C=N\N=C(/C(=O)c2ccccc2)c2ccccc2)c([N+](=O)[O-])cc1OC. The highest BCUT2D eigenvalue weighted by Gasteiger charge is 2.19. The maximum absolute atomic E-state index is 13.0. The van der Waals surface area contributed by atoms with Crippen LogP contribution in [-0.2, 0) is 0 Å². The maximum atomic E-state index is 13.0. The van der Waals surface area contributed by atoms with Crippen molar-refractivity contribution in [3.63, 3.8) is 0 Å². The summed E-state index contributed by atoms with van der Waals surface area (Å²) < 4.78 is 10.3. The number of ether oxygens (including phenoxy) is 2. The summed E-state index contributed by atoms with van der Waals surface area (Å²) in [4.78, 5) is 23.9. The van der Waals surface area contributed by atoms with Crippen molar-refractivity contribution in [3.05, 3.63) is 99.6 Å². The molecule has 8 nitrogen and oxygen atoms in total. The highest BCUT2D eigenvalue weighted by Crippen LogP contribution is 2.33. The van der Waals surface area contributed by atoms with Crippen molar-refractivity contribution in [1.29, 1.82) is 0 Å². The summed E-state index contributed by atoms with van der Waals surface area (Å²) in [5, 5.41) is 19.5. The molecule has 0 unspecified atom stereocenters. The predicted molar refractivity (Wildman–Crippen MR) is 118 cm³/mol. The molecule has 0 aliphatic heterocycles. The average molecular weight is 417 g/mol. The third-order valence-electron chi connectivity index (χ3n) is 4.38. The van der Waals surface area contributed by atoms with Crippen LogP contribution < -0.4 is 9.47 Å². The first-order valence-corrected chi connectivity index (χ1v) is 9.21. The lowest BCUT2D eigenvalue weighted by molar-refractivity contribution is -0.385. The Morgan fingerprint density at radius 2 is 1.45 bits per heavy atom. The first kappa shape index (κ1) is 21.4. The molecule has 3 aromatic rings. The summed E-state index contributed by atoms with van der Waals surface area (Å²) in [5.74, 6) is 0.215. The number of nitro groups is 1. The minimum Gasteiger partial charge on any atom is -0.493 e. The molecule has 0 fully saturated rings. The van der Waals surface area contributed by atoms with E-state index in [4.69, 9.17) is 9.47 Å². The number of carbonyl (C=O) groups excluding carboxylic acids is 1. The topological polar surface area (TPSA) is 103 Å². The number of hydrogen-bond donors (Lipinski definition) is 0. The monoisotopic (exact) mass is 417 g/mol. The van der Waals surface area contributed by atoms with Crippen molar-refractivity contribution >= 4 is 23.4 Å². The molecule has 0 N–H and O–H groups in total. The molecule has 0 amide bonds. The van der Waals surface area contributed by atoms with Gasteiger partial charge in [-0.15, -0.1) is 5.10 Å². The van der Waals surface area contributed by atoms with Gasteiger partial charge >= 0.3 is 0 Å². The highest BCUT2D eigenvalue weighted by atomic mass is 16.6. The Bertz CT molecular complexity index is 1140. The number of Topliss-reactive ketones (excluding diaryl/α,β-unsaturated/α-hetero) is 1. The molecular formula is C23H19N3O5. The molecule has 0 heterocycles. The lowest BCUT2D eigenvalue weighted by Gasteiger charge is -2.08. The Hall–Kier alpha value is -4.33. The van der Waals surface area contributed by atoms with Crippen LogP contribution in [0, 0.1) is 10.1 Å². The van der Waals surface area contributed by atoms with E-state index in [-0.39, 0.29) is 28.5 Å². The zero-order chi connectivity index (χ0) is 22.2. The van der Waals surface area contributed by atoms with Gasteiger partial charge in [0.25, 0.3) is 5.69 Å². The van der Waals surface area contributed by atoms with Gasteiger partial charge in [0.1, 0.15) is 5.71 Å². The summed E-state index contributed by atoms with van der Waals surface area (Å²) in [6.45, 7) is 0. The molecular weight excluding hydrogens is 398 g/mol. The third-order valence-corrected chi connectivity index (χ3v) is 4.38. The van der Waals surface area contributed by atoms with Gasteiger partial charge in [0, 0.05) is 11.1 Å². The molecule has 0 aromatic heterocycles. The maximum Gasteiger partial charge on any atom is 0.282 e. The quantitative estimate of drug-likeness (QED) is 0.235. The number of ketones is 1. The van der Waals surface area contributed by atoms with E-state index in [0.717, 1.165) is 0 Å². The van der Waals surface area contributed by atoms with Crippen molar-refractivity contribution in [2.75, 3.05) is 14.2 Å². The zero-order valence-electron chi connectivity index (χ0n) is 16.9. The highest BCUT2D eigenvalue weighted by molar-refractivity contribution is 6.51. The van der Waals surface area contributed by atoms with Crippen LogP contribution in [0.4, 0.5) is 5.69 Å². The molecule has 0 saturated carbocycles. The van der Waals surface area contributed by atoms with Crippen LogP contribution in [0.5, 0.6) is 11.5 Å². The van der Waals surface area contributed by atoms with E-state index in [9.17, 15) is 14.9 Å². The number of nitro benzene ring substituents is 1. The van der Waals surface area contributed by atoms with E-state index in [1.165, 1.54) is 32.6 Å². The van der Waals surface area contributed by atoms with Crippen molar-refractivity contribution < 1.29 is 19.2 Å². The van der Waals surface area contributed by atoms with Gasteiger partial charge in [-0.1, -0.05) is 60.7 Å². The molecule has 0 atom stereocenters. The zero-order valence-corrected chi connectivity index (χ0v) is 16.9. The number of nitrogens with zero attached hydrogens (tertiary/aromatic N) is 3. The first-order chi connectivity index (χ1) is 15.0. The second kappa shape index (κ2) is 9.93. The van der Waals surface area contributed by atoms with Crippen LogP contribution in [0.1, 0.15) is 21.5 Å². The fourth-order valence-corrected chi connectivity index (χ4v) is 2.85. The van der Waals surface area contributed by atoms with Crippen molar-refractivity contribution in [1.82, 2.24) is 0 Å². The fraction of sp³-hybridized carbons (Fsp3) is 0.0870. The molecule has 0 bridgehead atoms. The van der Waals surface area contributed by atoms with Gasteiger partial charge in [0.2, 0.25) is 5.78 Å². The minimum atomic E-state index is -0.555. The lowest BCUT2D eigenvalue weighted by atomic mass is 10.0. The largest absolute Gasteiger partial charge is 0.493 e. The molecule has 0 saturated heterocycles. The summed E-state index contributed by atoms with van der Waals surface area (Å²) in [6, 6.07) is 20.2. The number of hydrogen-bond acceptors (Lipinski definition) is 7. The van der Waals surface area contributed by atoms with Gasteiger partial charge in [-0.3, -0.25) is 14.9 Å². The van der Waals surface area contributed by atoms with Gasteiger partial charge in [-0.25, -0.2) is 0 Å². The van der Waals surface area contributed by atoms with Crippen LogP contribution in [0.2, 0.25) is 0 Å². The molecule has 156 valence electrons. The van der Waals surface area contributed by atoms with E-state index >= 15 is 0 Å². The number of carbonyl (C=O) groups is 1. The van der Waals surface area contributed by atoms with Gasteiger partial charge < -0.3 is 9.47 Å². The summed E-state index contributed by atoms with van der Waals surface area (Å²) >= 11 is 0. The number of rotatable bonds is 8. The van der Waals surface area contributed by atoms with Gasteiger partial charge in [-0.05, 0) is 6.07 Å². The first-order valence-electron chi connectivity index (χ1n) is 9.21. The van der Waals surface area contributed by atoms with Crippen molar-refractivity contribution in [2.24, 2.45) is 10.2 Å². The third kappa shape index (κ3) is 4.99. The summed E-state index contributed by atoms with van der Waals surface area (Å²) in [6.07, 6.45) is 1.21. The normalized spacial score (nSPS) is 11.4. The predicted octanol–water partition coefficient (Wildman–Crippen LogP) is 4.32. The summed E-state index contributed by atoms with van der Waals surface area (Å²) in [5.41, 5.74) is 1.08. The Morgan fingerprint density at radius 3 is 2.00 bits per heavy atom. The Labute approximate surface area is 178 Å². The molecule has 8 heteroatoms. The van der Waals surface area contributed by atoms with Gasteiger partial charge in [0.15, 0.2) is 11.5 Å². The van der Waals surface area contributed by atoms with E-state index < -0.39 is 4.92 Å². The average Bonchev–Trinajstić information content (AvgIpc) is 2.82. The molecule has 0 radical (unpaired) electrons. The number of benzene rings is 3. The van der Waals surface area contributed by atoms with Crippen LogP contribution in [0.15, 0.2) is 83.0 Å². The van der Waals surface area contributed by atoms with E-state index in [1.807, 2.05) is 12.1 Å². The Morgan fingerprint density at radius 1 is 0.903 bits per heavy atom. The standard InChI is InChI=1S/C23H19N3O5/c1-30-20-13-18(19(26(28)29)14-21(20)31-2)15-24-25-22(16-9-5-3-6-10-16)23(27)17-11-7-4-8-12-17/h3-15H,1-2H3/b24-15-,25-22-. The van der Waals surface area contributed by atoms with E-state index in [1.54, 1.807) is 48.5 Å². The smallest absolute Gasteiger partial charge is 0.282 e. The van der Waals surface area contributed by atoms with Crippen LogP contribution in [0.3, 0.4) is 0 Å². The Kier molecular flexibility index (Phi) is 6.85. The molecule has 0 aliphatic carbocycles. The molecule has 31 heavy (non-hydrogen) atoms. The van der Waals surface area contributed by atoms with Gasteiger partial charge in [-0.2, -0.15) is 5.10 Å². The van der Waals surface area contributed by atoms with E-state index in [0.29, 0.717) is 16.9 Å². The minimum absolute atomic E-state index is 0.117. The summed E-state index contributed by atoms with van der Waals surface area (Å²) in [7, 11) is 2.82. The van der Waals surface area contributed by atoms with Gasteiger partial charge in [0.05, 0.1) is 37.0 Å². The lowest BCUT2D eigenvalue weighted by Crippen LogP contribution is -2.15. The molecule has 0 aliphatic rings. The molecule has 0 spiro atoms. The second-order valence-corrected chi connectivity index (χ2v) is 6.28. The van der Waals surface area contributed by atoms with E-state index in [2.05, 4.69) is 10.2 Å². The van der Waals surface area contributed by atoms with Crippen LogP contribution >= 0.6 is 0 Å². The number of methoxy groups -OCH3 is 2. The van der Waals surface area contributed by atoms with Crippen LogP contribution in [-0.4, -0.2) is 36.9 Å². The molecule has 3 aromatic carbocycles. The van der Waals surface area contributed by atoms with Crippen molar-refractivity contribution in [3.8, 4) is 11.5 Å².